The Balaban J connectivity index is 1.87. The van der Waals surface area contributed by atoms with Gasteiger partial charge >= 0.3 is 0 Å². The van der Waals surface area contributed by atoms with Crippen molar-refractivity contribution < 1.29 is 19.1 Å². The standard InChI is InChI=1S/C13H11BrN2O4/c14-11-6-5-10(20-11)13(19)15-7-12(18)16-8-3-1-2-4-9(8)17/h1-6,17H,7H2,(H,15,19)(H,16,18). The fourth-order valence-electron chi connectivity index (χ4n) is 1.46. The number of amides is 2. The number of halogens is 1. The van der Waals surface area contributed by atoms with Gasteiger partial charge in [-0.3, -0.25) is 9.59 Å². The van der Waals surface area contributed by atoms with E-state index in [0.717, 1.165) is 0 Å². The van der Waals surface area contributed by atoms with Crippen LogP contribution in [-0.2, 0) is 4.79 Å². The molecule has 104 valence electrons. The normalized spacial score (nSPS) is 10.1. The van der Waals surface area contributed by atoms with E-state index in [9.17, 15) is 14.7 Å². The Labute approximate surface area is 122 Å². The smallest absolute Gasteiger partial charge is 0.287 e. The first-order chi connectivity index (χ1) is 9.56. The molecule has 0 aliphatic heterocycles. The van der Waals surface area contributed by atoms with Gasteiger partial charge in [0.25, 0.3) is 5.91 Å². The molecule has 3 N–H and O–H groups in total. The molecule has 0 fully saturated rings. The molecule has 1 aromatic heterocycles. The number of rotatable bonds is 4. The number of phenols is 1. The van der Waals surface area contributed by atoms with Gasteiger partial charge in [0.1, 0.15) is 5.75 Å². The Morgan fingerprint density at radius 1 is 1.20 bits per heavy atom. The maximum atomic E-state index is 11.6. The summed E-state index contributed by atoms with van der Waals surface area (Å²) in [5, 5.41) is 14.4. The van der Waals surface area contributed by atoms with Crippen LogP contribution < -0.4 is 10.6 Å². The minimum atomic E-state index is -0.497. The number of carbonyl (C=O) groups excluding carboxylic acids is 2. The zero-order chi connectivity index (χ0) is 14.5. The predicted molar refractivity (Wildman–Crippen MR) is 75.5 cm³/mol. The molecule has 0 saturated carbocycles. The molecule has 1 aromatic carbocycles. The van der Waals surface area contributed by atoms with E-state index in [1.54, 1.807) is 24.3 Å². The quantitative estimate of drug-likeness (QED) is 0.744. The zero-order valence-electron chi connectivity index (χ0n) is 10.2. The van der Waals surface area contributed by atoms with Gasteiger partial charge < -0.3 is 20.2 Å². The topological polar surface area (TPSA) is 91.6 Å². The molecule has 0 aliphatic carbocycles. The predicted octanol–water partition coefficient (Wildman–Crippen LogP) is 2.12. The van der Waals surface area contributed by atoms with E-state index in [1.807, 2.05) is 0 Å². The van der Waals surface area contributed by atoms with Crippen LogP contribution in [0.1, 0.15) is 10.6 Å². The first-order valence-corrected chi connectivity index (χ1v) is 6.47. The summed E-state index contributed by atoms with van der Waals surface area (Å²) in [5.41, 5.74) is 0.285. The number of aromatic hydroxyl groups is 1. The zero-order valence-corrected chi connectivity index (χ0v) is 11.8. The van der Waals surface area contributed by atoms with Crippen LogP contribution in [0.2, 0.25) is 0 Å². The van der Waals surface area contributed by atoms with Gasteiger partial charge in [-0.05, 0) is 40.2 Å². The van der Waals surface area contributed by atoms with Crippen molar-refractivity contribution in [2.24, 2.45) is 0 Å². The van der Waals surface area contributed by atoms with Crippen LogP contribution in [0.25, 0.3) is 0 Å². The highest BCUT2D eigenvalue weighted by molar-refractivity contribution is 9.10. The number of anilines is 1. The lowest BCUT2D eigenvalue weighted by molar-refractivity contribution is -0.115. The Hall–Kier alpha value is -2.28. The number of carbonyl (C=O) groups is 2. The average Bonchev–Trinajstić information content (AvgIpc) is 2.85. The summed E-state index contributed by atoms with van der Waals surface area (Å²) in [5.74, 6) is -0.886. The highest BCUT2D eigenvalue weighted by Gasteiger charge is 2.12. The van der Waals surface area contributed by atoms with Crippen LogP contribution >= 0.6 is 15.9 Å². The summed E-state index contributed by atoms with van der Waals surface area (Å²) in [6.45, 7) is -0.231. The van der Waals surface area contributed by atoms with Gasteiger partial charge in [-0.1, -0.05) is 12.1 Å². The minimum absolute atomic E-state index is 0.0397. The molecule has 0 saturated heterocycles. The van der Waals surface area contributed by atoms with Crippen molar-refractivity contribution in [2.45, 2.75) is 0 Å². The number of phenolic OH excluding ortho intramolecular Hbond substituents is 1. The second-order valence-electron chi connectivity index (χ2n) is 3.85. The number of nitrogens with one attached hydrogen (secondary N) is 2. The maximum absolute atomic E-state index is 11.6. The fourth-order valence-corrected chi connectivity index (χ4v) is 1.76. The SMILES string of the molecule is O=C(CNC(=O)c1ccc(Br)o1)Nc1ccccc1O. The van der Waals surface area contributed by atoms with Gasteiger partial charge in [0.2, 0.25) is 5.91 Å². The Kier molecular flexibility index (Phi) is 4.41. The Morgan fingerprint density at radius 2 is 1.95 bits per heavy atom. The van der Waals surface area contributed by atoms with Crippen LogP contribution in [0.3, 0.4) is 0 Å². The Morgan fingerprint density at radius 3 is 2.60 bits per heavy atom. The molecule has 0 atom stereocenters. The highest BCUT2D eigenvalue weighted by Crippen LogP contribution is 2.21. The second kappa shape index (κ2) is 6.25. The molecule has 20 heavy (non-hydrogen) atoms. The fraction of sp³-hybridized carbons (Fsp3) is 0.0769. The number of para-hydroxylation sites is 2. The number of hydrogen-bond donors (Lipinski definition) is 3. The molecule has 2 aromatic rings. The molecular formula is C13H11BrN2O4. The van der Waals surface area contributed by atoms with Crippen LogP contribution in [0, 0.1) is 0 Å². The van der Waals surface area contributed by atoms with Gasteiger partial charge in [-0.2, -0.15) is 0 Å². The average molecular weight is 339 g/mol. The van der Waals surface area contributed by atoms with Crippen LogP contribution in [0.4, 0.5) is 5.69 Å². The molecule has 6 nitrogen and oxygen atoms in total. The summed E-state index contributed by atoms with van der Waals surface area (Å²) in [4.78, 5) is 23.3. The molecule has 0 aliphatic rings. The van der Waals surface area contributed by atoms with Crippen LogP contribution in [0.15, 0.2) is 45.5 Å². The van der Waals surface area contributed by atoms with Crippen molar-refractivity contribution in [1.82, 2.24) is 5.32 Å². The van der Waals surface area contributed by atoms with Gasteiger partial charge in [0.05, 0.1) is 12.2 Å². The summed E-state index contributed by atoms with van der Waals surface area (Å²) in [7, 11) is 0. The van der Waals surface area contributed by atoms with E-state index in [2.05, 4.69) is 26.6 Å². The molecule has 1 heterocycles. The second-order valence-corrected chi connectivity index (χ2v) is 4.63. The minimum Gasteiger partial charge on any atom is -0.506 e. The largest absolute Gasteiger partial charge is 0.506 e. The van der Waals surface area contributed by atoms with E-state index in [1.165, 1.54) is 12.1 Å². The third kappa shape index (κ3) is 3.61. The van der Waals surface area contributed by atoms with Crippen molar-refractivity contribution in [1.29, 1.82) is 0 Å². The van der Waals surface area contributed by atoms with Crippen molar-refractivity contribution in [2.75, 3.05) is 11.9 Å². The van der Waals surface area contributed by atoms with Gasteiger partial charge in [-0.25, -0.2) is 0 Å². The monoisotopic (exact) mass is 338 g/mol. The van der Waals surface area contributed by atoms with E-state index >= 15 is 0 Å². The molecule has 0 unspecified atom stereocenters. The van der Waals surface area contributed by atoms with Gasteiger partial charge in [0.15, 0.2) is 10.4 Å². The number of benzene rings is 1. The van der Waals surface area contributed by atoms with E-state index in [-0.39, 0.29) is 23.7 Å². The Bertz CT molecular complexity index is 639. The summed E-state index contributed by atoms with van der Waals surface area (Å²) in [6.07, 6.45) is 0. The van der Waals surface area contributed by atoms with Gasteiger partial charge in [0, 0.05) is 0 Å². The van der Waals surface area contributed by atoms with Crippen molar-refractivity contribution >= 4 is 33.4 Å². The molecule has 0 spiro atoms. The van der Waals surface area contributed by atoms with Crippen LogP contribution in [0.5, 0.6) is 5.75 Å². The van der Waals surface area contributed by atoms with E-state index in [0.29, 0.717) is 4.67 Å². The summed E-state index contributed by atoms with van der Waals surface area (Å²) < 4.78 is 5.48. The summed E-state index contributed by atoms with van der Waals surface area (Å²) >= 11 is 3.08. The lowest BCUT2D eigenvalue weighted by Crippen LogP contribution is -2.32. The molecular weight excluding hydrogens is 328 g/mol. The lowest BCUT2D eigenvalue weighted by Gasteiger charge is -2.07. The van der Waals surface area contributed by atoms with Crippen LogP contribution in [-0.4, -0.2) is 23.5 Å². The highest BCUT2D eigenvalue weighted by atomic mass is 79.9. The lowest BCUT2D eigenvalue weighted by atomic mass is 10.3. The number of furan rings is 1. The molecule has 7 heteroatoms. The molecule has 2 amide bonds. The maximum Gasteiger partial charge on any atom is 0.287 e. The van der Waals surface area contributed by atoms with Crippen molar-refractivity contribution in [3.8, 4) is 5.75 Å². The number of hydrogen-bond acceptors (Lipinski definition) is 4. The van der Waals surface area contributed by atoms with E-state index in [4.69, 9.17) is 4.42 Å². The molecule has 0 bridgehead atoms. The molecule has 0 radical (unpaired) electrons. The van der Waals surface area contributed by atoms with Crippen molar-refractivity contribution in [3.63, 3.8) is 0 Å². The summed E-state index contributed by atoms with van der Waals surface area (Å²) in [6, 6.07) is 9.39. The van der Waals surface area contributed by atoms with Crippen molar-refractivity contribution in [3.05, 3.63) is 46.8 Å². The van der Waals surface area contributed by atoms with E-state index < -0.39 is 11.8 Å². The van der Waals surface area contributed by atoms with Gasteiger partial charge in [-0.15, -0.1) is 0 Å². The first-order valence-electron chi connectivity index (χ1n) is 5.67. The third-order valence-electron chi connectivity index (χ3n) is 2.38. The molecule has 2 rings (SSSR count). The first kappa shape index (κ1) is 14.1. The third-order valence-corrected chi connectivity index (χ3v) is 2.81.